The zero-order valence-corrected chi connectivity index (χ0v) is 17.3. The minimum Gasteiger partial charge on any atom is -0.403 e. The second kappa shape index (κ2) is 8.70. The Hall–Kier alpha value is -3.50. The van der Waals surface area contributed by atoms with Crippen molar-refractivity contribution in [1.82, 2.24) is 19.7 Å². The largest absolute Gasteiger partial charge is 0.403 e. The molecule has 10 heteroatoms. The van der Waals surface area contributed by atoms with Crippen LogP contribution in [0.1, 0.15) is 56.1 Å². The molecule has 1 saturated carbocycles. The van der Waals surface area contributed by atoms with Crippen molar-refractivity contribution in [3.05, 3.63) is 33.6 Å². The molecule has 10 nitrogen and oxygen atoms in total. The highest BCUT2D eigenvalue weighted by Crippen LogP contribution is 2.38. The summed E-state index contributed by atoms with van der Waals surface area (Å²) < 4.78 is 7.19. The van der Waals surface area contributed by atoms with E-state index >= 15 is 0 Å². The van der Waals surface area contributed by atoms with Crippen LogP contribution in [0, 0.1) is 28.6 Å². The van der Waals surface area contributed by atoms with Gasteiger partial charge >= 0.3 is 0 Å². The first-order valence-electron chi connectivity index (χ1n) is 10.4. The lowest BCUT2D eigenvalue weighted by Crippen LogP contribution is -2.31. The predicted octanol–water partition coefficient (Wildman–Crippen LogP) is 1.66. The van der Waals surface area contributed by atoms with Gasteiger partial charge in [0.2, 0.25) is 0 Å². The molecule has 0 bridgehead atoms. The predicted molar refractivity (Wildman–Crippen MR) is 113 cm³/mol. The minimum absolute atomic E-state index is 0.0151. The van der Waals surface area contributed by atoms with E-state index in [9.17, 15) is 10.1 Å². The molecule has 2 aliphatic rings. The van der Waals surface area contributed by atoms with Gasteiger partial charge in [0.05, 0.1) is 17.7 Å². The van der Waals surface area contributed by atoms with Crippen molar-refractivity contribution >= 4 is 17.2 Å². The second-order valence-corrected chi connectivity index (χ2v) is 8.01. The van der Waals surface area contributed by atoms with Gasteiger partial charge in [-0.2, -0.15) is 15.6 Å². The van der Waals surface area contributed by atoms with E-state index in [-0.39, 0.29) is 40.2 Å². The van der Waals surface area contributed by atoms with Crippen molar-refractivity contribution in [3.63, 3.8) is 0 Å². The Morgan fingerprint density at radius 3 is 2.74 bits per heavy atom. The molecule has 2 fully saturated rings. The number of nitrogens with zero attached hydrogens (tertiary/aromatic N) is 6. The van der Waals surface area contributed by atoms with Gasteiger partial charge in [0.1, 0.15) is 23.3 Å². The van der Waals surface area contributed by atoms with Crippen LogP contribution < -0.4 is 11.3 Å². The average molecular weight is 420 g/mol. The summed E-state index contributed by atoms with van der Waals surface area (Å²) in [6.07, 6.45) is 6.11. The van der Waals surface area contributed by atoms with Crippen LogP contribution in [-0.2, 0) is 4.74 Å². The molecule has 0 aromatic carbocycles. The molecule has 31 heavy (non-hydrogen) atoms. The van der Waals surface area contributed by atoms with E-state index in [1.54, 1.807) is 4.68 Å². The van der Waals surface area contributed by atoms with Crippen LogP contribution in [-0.4, -0.2) is 45.2 Å². The van der Waals surface area contributed by atoms with Crippen molar-refractivity contribution < 1.29 is 4.74 Å². The van der Waals surface area contributed by atoms with Gasteiger partial charge in [-0.1, -0.05) is 0 Å². The van der Waals surface area contributed by atoms with Crippen molar-refractivity contribution in [1.29, 1.82) is 10.5 Å². The van der Waals surface area contributed by atoms with Gasteiger partial charge < -0.3 is 15.5 Å². The van der Waals surface area contributed by atoms with E-state index in [2.05, 4.69) is 15.1 Å². The Kier molecular flexibility index (Phi) is 5.83. The topological polar surface area (TPSA) is 159 Å². The maximum Gasteiger partial charge on any atom is 0.263 e. The summed E-state index contributed by atoms with van der Waals surface area (Å²) >= 11 is 0. The van der Waals surface area contributed by atoms with Crippen LogP contribution in [0.25, 0.3) is 11.0 Å². The number of hydrogen-bond acceptors (Lipinski definition) is 8. The Morgan fingerprint density at radius 2 is 2.13 bits per heavy atom. The monoisotopic (exact) mass is 420 g/mol. The molecule has 3 unspecified atom stereocenters. The average Bonchev–Trinajstić information content (AvgIpc) is 3.15. The third-order valence-corrected chi connectivity index (χ3v) is 6.32. The van der Waals surface area contributed by atoms with E-state index in [0.29, 0.717) is 30.6 Å². The van der Waals surface area contributed by atoms with Gasteiger partial charge in [-0.05, 0) is 38.5 Å². The molecule has 1 aliphatic carbocycles. The number of rotatable bonds is 5. The zero-order chi connectivity index (χ0) is 22.0. The highest BCUT2D eigenvalue weighted by molar-refractivity contribution is 5.83. The fourth-order valence-corrected chi connectivity index (χ4v) is 4.26. The van der Waals surface area contributed by atoms with E-state index < -0.39 is 0 Å². The lowest BCUT2D eigenvalue weighted by molar-refractivity contribution is 0.0501. The summed E-state index contributed by atoms with van der Waals surface area (Å²) in [5, 5.41) is 23.2. The molecule has 2 aromatic heterocycles. The molecule has 4 rings (SSSR count). The van der Waals surface area contributed by atoms with E-state index in [1.165, 1.54) is 12.4 Å². The first-order valence-corrected chi connectivity index (χ1v) is 10.4. The highest BCUT2D eigenvalue weighted by Gasteiger charge is 2.35. The smallest absolute Gasteiger partial charge is 0.263 e. The van der Waals surface area contributed by atoms with Crippen LogP contribution in [0.5, 0.6) is 0 Å². The summed E-state index contributed by atoms with van der Waals surface area (Å²) in [4.78, 5) is 24.9. The van der Waals surface area contributed by atoms with Crippen LogP contribution in [0.3, 0.4) is 0 Å². The lowest BCUT2D eigenvalue weighted by atomic mass is 9.79. The Morgan fingerprint density at radius 1 is 1.35 bits per heavy atom. The van der Waals surface area contributed by atoms with Crippen LogP contribution in [0.15, 0.2) is 21.6 Å². The molecular formula is C21H24N8O2. The van der Waals surface area contributed by atoms with Gasteiger partial charge in [0, 0.05) is 31.5 Å². The number of allylic oxidation sites excluding steroid dienone is 1. The number of aromatic nitrogens is 4. The Labute approximate surface area is 179 Å². The Bertz CT molecular complexity index is 1170. The third-order valence-electron chi connectivity index (χ3n) is 6.32. The maximum absolute atomic E-state index is 12.9. The minimum atomic E-state index is -0.365. The van der Waals surface area contributed by atoms with Crippen LogP contribution in [0.2, 0.25) is 0 Å². The molecule has 160 valence electrons. The Balaban J connectivity index is 1.71. The summed E-state index contributed by atoms with van der Waals surface area (Å²) in [5.74, 6) is 0.797. The van der Waals surface area contributed by atoms with E-state index in [4.69, 9.17) is 20.7 Å². The number of nitriles is 2. The first-order chi connectivity index (χ1) is 15.1. The number of aromatic amines is 1. The summed E-state index contributed by atoms with van der Waals surface area (Å²) in [5.41, 5.74) is 5.84. The quantitative estimate of drug-likeness (QED) is 0.549. The number of hydrogen-bond donors (Lipinski definition) is 2. The normalized spacial score (nSPS) is 23.4. The van der Waals surface area contributed by atoms with Crippen molar-refractivity contribution in [3.8, 4) is 12.1 Å². The highest BCUT2D eigenvalue weighted by atomic mass is 16.5. The number of H-pyrrole nitrogens is 1. The molecule has 0 amide bonds. The van der Waals surface area contributed by atoms with Gasteiger partial charge in [-0.25, -0.2) is 9.67 Å². The summed E-state index contributed by atoms with van der Waals surface area (Å²) in [7, 11) is 0. The standard InChI is InChI=1S/C21H24N8O2/c1-12(14-4-6-31-7-5-14)29-20-18(17(10-24)28-29)21(30)27-19(26-20)15-2-3-16(15)25-11-13(8-22)9-23/h8,11-12,14-16H,2-7,22H2,1H3,(H,26,27,30)/b13-8-,25-11?. The summed E-state index contributed by atoms with van der Waals surface area (Å²) in [6, 6.07) is 3.89. The molecule has 2 aromatic rings. The van der Waals surface area contributed by atoms with E-state index in [1.807, 2.05) is 19.1 Å². The lowest BCUT2D eigenvalue weighted by Gasteiger charge is -2.32. The molecule has 1 saturated heterocycles. The molecule has 0 radical (unpaired) electrons. The van der Waals surface area contributed by atoms with Gasteiger partial charge in [-0.15, -0.1) is 0 Å². The second-order valence-electron chi connectivity index (χ2n) is 8.01. The fraction of sp³-hybridized carbons (Fsp3) is 0.524. The number of aliphatic imine (C=N–C) groups is 1. The number of ether oxygens (including phenoxy) is 1. The van der Waals surface area contributed by atoms with Crippen molar-refractivity contribution in [2.45, 2.75) is 50.6 Å². The molecule has 3 heterocycles. The maximum atomic E-state index is 12.9. The van der Waals surface area contributed by atoms with Crippen molar-refractivity contribution in [2.24, 2.45) is 16.6 Å². The molecule has 1 aliphatic heterocycles. The number of fused-ring (bicyclic) bond motifs is 1. The van der Waals surface area contributed by atoms with Gasteiger partial charge in [0.15, 0.2) is 11.3 Å². The van der Waals surface area contributed by atoms with E-state index in [0.717, 1.165) is 25.7 Å². The molecule has 3 N–H and O–H groups in total. The SMILES string of the molecule is CC(C1CCOCC1)n1nc(C#N)c2c(=O)[nH]c(C3CCC3N=C/C(C#N)=C\N)nc21. The third kappa shape index (κ3) is 3.82. The molecule has 3 atom stereocenters. The van der Waals surface area contributed by atoms with Crippen LogP contribution in [0.4, 0.5) is 0 Å². The van der Waals surface area contributed by atoms with Crippen molar-refractivity contribution in [2.75, 3.05) is 13.2 Å². The van der Waals surface area contributed by atoms with Gasteiger partial charge in [-0.3, -0.25) is 9.79 Å². The van der Waals surface area contributed by atoms with Crippen LogP contribution >= 0.6 is 0 Å². The fourth-order valence-electron chi connectivity index (χ4n) is 4.26. The van der Waals surface area contributed by atoms with Gasteiger partial charge in [0.25, 0.3) is 5.56 Å². The summed E-state index contributed by atoms with van der Waals surface area (Å²) in [6.45, 7) is 3.44. The first kappa shape index (κ1) is 20.8. The number of nitrogens with one attached hydrogen (secondary N) is 1. The molecular weight excluding hydrogens is 396 g/mol. The molecule has 0 spiro atoms. The zero-order valence-electron chi connectivity index (χ0n) is 17.3. The number of nitrogens with two attached hydrogens (primary N) is 1.